The number of nitrogens with one attached hydrogen (secondary N) is 1. The highest BCUT2D eigenvalue weighted by molar-refractivity contribution is 7.89. The molecule has 0 atom stereocenters. The van der Waals surface area contributed by atoms with E-state index in [0.717, 1.165) is 10.2 Å². The van der Waals surface area contributed by atoms with Gasteiger partial charge in [-0.2, -0.15) is 4.31 Å². The van der Waals surface area contributed by atoms with E-state index in [9.17, 15) is 13.2 Å². The van der Waals surface area contributed by atoms with Crippen molar-refractivity contribution in [2.45, 2.75) is 4.90 Å². The van der Waals surface area contributed by atoms with Crippen LogP contribution in [0.3, 0.4) is 0 Å². The molecule has 1 aliphatic rings. The van der Waals surface area contributed by atoms with Gasteiger partial charge in [0.2, 0.25) is 15.9 Å². The number of amides is 1. The third-order valence-electron chi connectivity index (χ3n) is 4.73. The molecule has 2 aromatic carbocycles. The van der Waals surface area contributed by atoms with Gasteiger partial charge in [0.1, 0.15) is 10.6 Å². The highest BCUT2D eigenvalue weighted by Crippen LogP contribution is 2.29. The topological polar surface area (TPSA) is 97.8 Å². The molecule has 0 spiro atoms. The number of para-hydroxylation sites is 1. The van der Waals surface area contributed by atoms with Crippen LogP contribution >= 0.6 is 11.3 Å². The molecular formula is C21H21N3O5S2. The summed E-state index contributed by atoms with van der Waals surface area (Å²) in [6, 6.07) is 12.4. The first-order chi connectivity index (χ1) is 15.0. The van der Waals surface area contributed by atoms with E-state index in [0.29, 0.717) is 23.9 Å². The Bertz CT molecular complexity index is 1200. The highest BCUT2D eigenvalue weighted by Gasteiger charge is 2.29. The predicted molar refractivity (Wildman–Crippen MR) is 120 cm³/mol. The van der Waals surface area contributed by atoms with Gasteiger partial charge in [-0.15, -0.1) is 0 Å². The molecule has 1 aliphatic heterocycles. The van der Waals surface area contributed by atoms with Crippen LogP contribution in [0.2, 0.25) is 0 Å². The second-order valence-electron chi connectivity index (χ2n) is 6.74. The van der Waals surface area contributed by atoms with Crippen molar-refractivity contribution in [1.82, 2.24) is 9.29 Å². The largest absolute Gasteiger partial charge is 0.495 e. The maximum Gasteiger partial charge on any atom is 0.250 e. The van der Waals surface area contributed by atoms with Crippen molar-refractivity contribution in [3.63, 3.8) is 0 Å². The van der Waals surface area contributed by atoms with Gasteiger partial charge in [0.25, 0.3) is 0 Å². The summed E-state index contributed by atoms with van der Waals surface area (Å²) in [5.74, 6) is -0.102. The van der Waals surface area contributed by atoms with Gasteiger partial charge in [-0.05, 0) is 35.9 Å². The minimum atomic E-state index is -3.74. The summed E-state index contributed by atoms with van der Waals surface area (Å²) >= 11 is 1.39. The van der Waals surface area contributed by atoms with Crippen LogP contribution in [0.4, 0.5) is 5.13 Å². The van der Waals surface area contributed by atoms with Crippen LogP contribution in [0.5, 0.6) is 5.75 Å². The van der Waals surface area contributed by atoms with Crippen LogP contribution in [-0.2, 0) is 19.6 Å². The second kappa shape index (κ2) is 9.15. The van der Waals surface area contributed by atoms with E-state index < -0.39 is 10.0 Å². The predicted octanol–water partition coefficient (Wildman–Crippen LogP) is 2.98. The Balaban J connectivity index is 1.53. The van der Waals surface area contributed by atoms with E-state index >= 15 is 0 Å². The summed E-state index contributed by atoms with van der Waals surface area (Å²) in [4.78, 5) is 16.7. The number of aromatic nitrogens is 1. The first kappa shape index (κ1) is 21.4. The van der Waals surface area contributed by atoms with Crippen molar-refractivity contribution in [3.8, 4) is 5.75 Å². The quantitative estimate of drug-likeness (QED) is 0.569. The number of ether oxygens (including phenoxy) is 2. The summed E-state index contributed by atoms with van der Waals surface area (Å²) in [6.45, 7) is 1.28. The van der Waals surface area contributed by atoms with E-state index in [1.807, 2.05) is 24.3 Å². The Morgan fingerprint density at radius 3 is 2.74 bits per heavy atom. The molecule has 10 heteroatoms. The van der Waals surface area contributed by atoms with Gasteiger partial charge >= 0.3 is 0 Å². The molecule has 0 saturated carbocycles. The van der Waals surface area contributed by atoms with Crippen LogP contribution in [0.1, 0.15) is 5.56 Å². The normalized spacial score (nSPS) is 15.4. The summed E-state index contributed by atoms with van der Waals surface area (Å²) in [5.41, 5.74) is 1.38. The van der Waals surface area contributed by atoms with Crippen LogP contribution < -0.4 is 10.1 Å². The van der Waals surface area contributed by atoms with Crippen molar-refractivity contribution in [2.24, 2.45) is 0 Å². The number of methoxy groups -OCH3 is 1. The smallest absolute Gasteiger partial charge is 0.250 e. The van der Waals surface area contributed by atoms with Gasteiger partial charge in [-0.25, -0.2) is 13.4 Å². The van der Waals surface area contributed by atoms with Gasteiger partial charge in [-0.1, -0.05) is 29.5 Å². The number of thiazole rings is 1. The molecule has 1 fully saturated rings. The molecule has 1 amide bonds. The Labute approximate surface area is 184 Å². The minimum absolute atomic E-state index is 0.0608. The van der Waals surface area contributed by atoms with E-state index in [2.05, 4.69) is 10.3 Å². The van der Waals surface area contributed by atoms with Gasteiger partial charge in [0.15, 0.2) is 5.13 Å². The Morgan fingerprint density at radius 2 is 2.00 bits per heavy atom. The van der Waals surface area contributed by atoms with Crippen LogP contribution in [-0.4, -0.2) is 57.0 Å². The molecule has 1 aromatic heterocycles. The SMILES string of the molecule is COc1ccc(/C=C\C(=O)Nc2nc3ccccc3s2)cc1S(=O)(=O)N1CCOCC1. The van der Waals surface area contributed by atoms with Crippen LogP contribution in [0, 0.1) is 0 Å². The third-order valence-corrected chi connectivity index (χ3v) is 7.60. The van der Waals surface area contributed by atoms with Crippen molar-refractivity contribution < 1.29 is 22.7 Å². The number of anilines is 1. The molecule has 31 heavy (non-hydrogen) atoms. The number of rotatable bonds is 6. The molecule has 1 saturated heterocycles. The van der Waals surface area contributed by atoms with Crippen LogP contribution in [0.25, 0.3) is 16.3 Å². The summed E-state index contributed by atoms with van der Waals surface area (Å²) in [7, 11) is -2.32. The van der Waals surface area contributed by atoms with Gasteiger partial charge in [0.05, 0.1) is 30.5 Å². The molecule has 3 aromatic rings. The average Bonchev–Trinajstić information content (AvgIpc) is 3.20. The Kier molecular flexibility index (Phi) is 6.33. The minimum Gasteiger partial charge on any atom is -0.495 e. The lowest BCUT2D eigenvalue weighted by molar-refractivity contribution is -0.111. The lowest BCUT2D eigenvalue weighted by atomic mass is 10.2. The van der Waals surface area contributed by atoms with Gasteiger partial charge < -0.3 is 9.47 Å². The van der Waals surface area contributed by atoms with E-state index in [1.54, 1.807) is 18.2 Å². The van der Waals surface area contributed by atoms with E-state index in [1.165, 1.54) is 34.9 Å². The fraction of sp³-hybridized carbons (Fsp3) is 0.238. The highest BCUT2D eigenvalue weighted by atomic mass is 32.2. The standard InChI is InChI=1S/C21H21N3O5S2/c1-28-17-8-6-15(14-19(17)31(26,27)24-10-12-29-13-11-24)7-9-20(25)23-21-22-16-4-2-3-5-18(16)30-21/h2-9,14H,10-13H2,1H3,(H,22,23,25)/b9-7-. The Morgan fingerprint density at radius 1 is 1.23 bits per heavy atom. The molecule has 8 nitrogen and oxygen atoms in total. The molecule has 0 radical (unpaired) electrons. The zero-order chi connectivity index (χ0) is 21.8. The first-order valence-electron chi connectivity index (χ1n) is 9.58. The molecular weight excluding hydrogens is 438 g/mol. The van der Waals surface area contributed by atoms with Crippen molar-refractivity contribution in [2.75, 3.05) is 38.7 Å². The number of carbonyl (C=O) groups excluding carboxylic acids is 1. The summed E-state index contributed by atoms with van der Waals surface area (Å²) < 4.78 is 39.0. The summed E-state index contributed by atoms with van der Waals surface area (Å²) in [5, 5.41) is 3.24. The molecule has 0 unspecified atom stereocenters. The van der Waals surface area contributed by atoms with E-state index in [4.69, 9.17) is 9.47 Å². The number of morpholine rings is 1. The zero-order valence-electron chi connectivity index (χ0n) is 16.8. The molecule has 1 N–H and O–H groups in total. The monoisotopic (exact) mass is 459 g/mol. The number of fused-ring (bicyclic) bond motifs is 1. The average molecular weight is 460 g/mol. The maximum absolute atomic E-state index is 13.1. The summed E-state index contributed by atoms with van der Waals surface area (Å²) in [6.07, 6.45) is 2.90. The Hall–Kier alpha value is -2.79. The fourth-order valence-corrected chi connectivity index (χ4v) is 5.64. The fourth-order valence-electron chi connectivity index (χ4n) is 3.17. The number of sulfonamides is 1. The lowest BCUT2D eigenvalue weighted by Gasteiger charge is -2.26. The van der Waals surface area contributed by atoms with Crippen molar-refractivity contribution >= 4 is 48.7 Å². The molecule has 4 rings (SSSR count). The number of hydrogen-bond donors (Lipinski definition) is 1. The molecule has 2 heterocycles. The second-order valence-corrected chi connectivity index (χ2v) is 9.67. The lowest BCUT2D eigenvalue weighted by Crippen LogP contribution is -2.40. The maximum atomic E-state index is 13.1. The number of benzene rings is 2. The zero-order valence-corrected chi connectivity index (χ0v) is 18.4. The van der Waals surface area contributed by atoms with Gasteiger partial charge in [-0.3, -0.25) is 10.1 Å². The van der Waals surface area contributed by atoms with E-state index in [-0.39, 0.29) is 29.6 Å². The number of nitrogens with zero attached hydrogens (tertiary/aromatic N) is 2. The third kappa shape index (κ3) is 4.77. The van der Waals surface area contributed by atoms with Crippen molar-refractivity contribution in [1.29, 1.82) is 0 Å². The van der Waals surface area contributed by atoms with Crippen molar-refractivity contribution in [3.05, 3.63) is 54.1 Å². The van der Waals surface area contributed by atoms with Crippen LogP contribution in [0.15, 0.2) is 53.4 Å². The molecule has 0 bridgehead atoms. The first-order valence-corrected chi connectivity index (χ1v) is 11.8. The number of carbonyl (C=O) groups is 1. The molecule has 162 valence electrons. The number of hydrogen-bond acceptors (Lipinski definition) is 7. The van der Waals surface area contributed by atoms with Gasteiger partial charge in [0, 0.05) is 19.2 Å². The molecule has 0 aliphatic carbocycles.